The van der Waals surface area contributed by atoms with Crippen molar-refractivity contribution in [2.75, 3.05) is 6.54 Å². The monoisotopic (exact) mass is 535 g/mol. The first-order valence-corrected chi connectivity index (χ1v) is 14.2. The van der Waals surface area contributed by atoms with Crippen molar-refractivity contribution in [1.29, 1.82) is 0 Å². The molecule has 7 nitrogen and oxygen atoms in total. The number of hydrogen-bond donors (Lipinski definition) is 2. The lowest BCUT2D eigenvalue weighted by Crippen LogP contribution is -2.42. The van der Waals surface area contributed by atoms with E-state index in [4.69, 9.17) is 5.84 Å². The van der Waals surface area contributed by atoms with E-state index in [2.05, 4.69) is 78.6 Å². The van der Waals surface area contributed by atoms with Gasteiger partial charge in [-0.3, -0.25) is 14.6 Å². The zero-order valence-electron chi connectivity index (χ0n) is 25.1. The van der Waals surface area contributed by atoms with Gasteiger partial charge in [-0.15, -0.1) is 0 Å². The Kier molecular flexibility index (Phi) is 15.4. The van der Waals surface area contributed by atoms with E-state index in [0.717, 1.165) is 37.8 Å². The van der Waals surface area contributed by atoms with E-state index in [1.54, 1.807) is 13.1 Å². The highest BCUT2D eigenvalue weighted by atomic mass is 16.2. The molecule has 0 radical (unpaired) electrons. The van der Waals surface area contributed by atoms with Crippen LogP contribution in [0.5, 0.6) is 0 Å². The van der Waals surface area contributed by atoms with Crippen LogP contribution in [0.4, 0.5) is 0 Å². The molecule has 0 saturated carbocycles. The minimum absolute atomic E-state index is 0.100. The lowest BCUT2D eigenvalue weighted by molar-refractivity contribution is -0.134. The van der Waals surface area contributed by atoms with Crippen molar-refractivity contribution in [2.45, 2.75) is 92.8 Å². The second kappa shape index (κ2) is 17.9. The largest absolute Gasteiger partial charge is 0.352 e. The van der Waals surface area contributed by atoms with Crippen molar-refractivity contribution in [3.63, 3.8) is 0 Å². The van der Waals surface area contributed by atoms with E-state index in [-0.39, 0.29) is 23.9 Å². The number of hydrazone groups is 1. The first-order chi connectivity index (χ1) is 18.7. The predicted molar refractivity (Wildman–Crippen MR) is 165 cm³/mol. The summed E-state index contributed by atoms with van der Waals surface area (Å²) in [6, 6.07) is 16.9. The molecule has 2 aromatic carbocycles. The number of amides is 2. The molecule has 1 saturated heterocycles. The number of hydrogen-bond acceptors (Lipinski definition) is 5. The van der Waals surface area contributed by atoms with Gasteiger partial charge in [0.2, 0.25) is 12.3 Å². The van der Waals surface area contributed by atoms with Crippen LogP contribution in [0.2, 0.25) is 0 Å². The van der Waals surface area contributed by atoms with Gasteiger partial charge in [0.05, 0.1) is 11.8 Å². The summed E-state index contributed by atoms with van der Waals surface area (Å²) in [5, 5.41) is 6.37. The lowest BCUT2D eigenvalue weighted by Gasteiger charge is -2.26. The number of aliphatic imine (C=N–C) groups is 1. The maximum absolute atomic E-state index is 12.4. The molecule has 7 heteroatoms. The lowest BCUT2D eigenvalue weighted by atomic mass is 9.97. The topological polar surface area (TPSA) is 100 Å². The third-order valence-electron chi connectivity index (χ3n) is 6.79. The third kappa shape index (κ3) is 10.3. The van der Waals surface area contributed by atoms with Crippen LogP contribution >= 0.6 is 0 Å². The third-order valence-corrected chi connectivity index (χ3v) is 6.79. The van der Waals surface area contributed by atoms with Crippen LogP contribution in [0.1, 0.15) is 84.9 Å². The minimum atomic E-state index is -0.331. The molecule has 0 aliphatic carbocycles. The van der Waals surface area contributed by atoms with Crippen molar-refractivity contribution >= 4 is 24.2 Å². The Labute approximate surface area is 236 Å². The zero-order valence-corrected chi connectivity index (χ0v) is 25.1. The molecule has 1 aliphatic heterocycles. The Balaban J connectivity index is 0.000000367. The maximum Gasteiger partial charge on any atom is 0.247 e. The van der Waals surface area contributed by atoms with E-state index in [1.807, 2.05) is 38.7 Å². The number of nitrogens with two attached hydrogens (primary N) is 1. The Morgan fingerprint density at radius 1 is 1.15 bits per heavy atom. The molecule has 1 heterocycles. The minimum Gasteiger partial charge on any atom is -0.352 e. The van der Waals surface area contributed by atoms with Gasteiger partial charge in [-0.05, 0) is 68.2 Å². The summed E-state index contributed by atoms with van der Waals surface area (Å²) in [5.74, 6) is 5.45. The fraction of sp³-hybridized carbons (Fsp3) is 0.500. The van der Waals surface area contributed by atoms with Crippen molar-refractivity contribution in [2.24, 2.45) is 21.9 Å². The van der Waals surface area contributed by atoms with Gasteiger partial charge in [-0.25, -0.2) is 0 Å². The molecule has 1 aliphatic rings. The number of rotatable bonds is 9. The van der Waals surface area contributed by atoms with Gasteiger partial charge in [0.1, 0.15) is 6.04 Å². The molecule has 39 heavy (non-hydrogen) atoms. The van der Waals surface area contributed by atoms with E-state index in [9.17, 15) is 9.59 Å². The molecule has 0 bridgehead atoms. The van der Waals surface area contributed by atoms with E-state index in [1.165, 1.54) is 16.7 Å². The quantitative estimate of drug-likeness (QED) is 0.170. The van der Waals surface area contributed by atoms with Gasteiger partial charge in [0.15, 0.2) is 0 Å². The summed E-state index contributed by atoms with van der Waals surface area (Å²) in [7, 11) is 0. The van der Waals surface area contributed by atoms with Crippen LogP contribution < -0.4 is 11.2 Å². The molecular formula is C32H49N5O2. The Morgan fingerprint density at radius 3 is 2.28 bits per heavy atom. The SMILES string of the molecule is C/C(C=NC(C(=O)N1CCCC1C)C(C)C)=N/N.CC.CCC(NC=O)c1ccc(-c2ccccc2C)cc1. The summed E-state index contributed by atoms with van der Waals surface area (Å²) in [6.07, 6.45) is 5.42. The van der Waals surface area contributed by atoms with Gasteiger partial charge in [-0.2, -0.15) is 5.10 Å². The highest BCUT2D eigenvalue weighted by Gasteiger charge is 2.31. The van der Waals surface area contributed by atoms with Crippen LogP contribution in [-0.4, -0.2) is 47.8 Å². The summed E-state index contributed by atoms with van der Waals surface area (Å²) in [5.41, 5.74) is 5.51. The fourth-order valence-corrected chi connectivity index (χ4v) is 4.50. The maximum atomic E-state index is 12.4. The number of benzene rings is 2. The second-order valence-corrected chi connectivity index (χ2v) is 9.94. The molecule has 3 N–H and O–H groups in total. The number of likely N-dealkylation sites (tertiary alicyclic amines) is 1. The van der Waals surface area contributed by atoms with E-state index in [0.29, 0.717) is 11.8 Å². The Morgan fingerprint density at radius 2 is 1.79 bits per heavy atom. The first kappa shape index (κ1) is 33.5. The Bertz CT molecular complexity index is 1060. The van der Waals surface area contributed by atoms with E-state index < -0.39 is 0 Å². The molecule has 0 spiro atoms. The van der Waals surface area contributed by atoms with Gasteiger partial charge in [0, 0.05) is 18.8 Å². The molecule has 214 valence electrons. The zero-order chi connectivity index (χ0) is 29.4. The number of aryl methyl sites for hydroxylation is 1. The number of nitrogens with one attached hydrogen (secondary N) is 1. The number of carbonyl (C=O) groups excluding carboxylic acids is 2. The van der Waals surface area contributed by atoms with Gasteiger partial charge < -0.3 is 16.1 Å². The first-order valence-electron chi connectivity index (χ1n) is 14.2. The predicted octanol–water partition coefficient (Wildman–Crippen LogP) is 6.31. The van der Waals surface area contributed by atoms with Crippen molar-refractivity contribution in [3.05, 3.63) is 59.7 Å². The number of carbonyl (C=O) groups is 2. The second-order valence-electron chi connectivity index (χ2n) is 9.94. The van der Waals surface area contributed by atoms with Gasteiger partial charge >= 0.3 is 0 Å². The molecule has 3 rings (SSSR count). The standard InChI is InChI=1S/C17H19NO.C13H24N4O.C2H6/c1-3-17(18-12-19)15-10-8-14(9-11-15)16-7-5-4-6-13(16)2;1-9(2)12(15-8-10(3)16-14)13(18)17-7-5-6-11(17)4;1-2/h4-12,17H,3H2,1-2H3,(H,18,19);8-9,11-12H,5-7,14H2,1-4H3;1-2H3/b;15-8?,16-10-;. The average molecular weight is 536 g/mol. The number of nitrogens with zero attached hydrogens (tertiary/aromatic N) is 3. The van der Waals surface area contributed by atoms with Crippen molar-refractivity contribution in [1.82, 2.24) is 10.2 Å². The van der Waals surface area contributed by atoms with Gasteiger partial charge in [0.25, 0.3) is 0 Å². The van der Waals surface area contributed by atoms with Crippen molar-refractivity contribution in [3.8, 4) is 11.1 Å². The van der Waals surface area contributed by atoms with Crippen LogP contribution in [0.15, 0.2) is 58.6 Å². The molecule has 3 unspecified atom stereocenters. The van der Waals surface area contributed by atoms with Crippen LogP contribution in [0.25, 0.3) is 11.1 Å². The fourth-order valence-electron chi connectivity index (χ4n) is 4.50. The van der Waals surface area contributed by atoms with Crippen LogP contribution in [0.3, 0.4) is 0 Å². The smallest absolute Gasteiger partial charge is 0.247 e. The summed E-state index contributed by atoms with van der Waals surface area (Å²) < 4.78 is 0. The van der Waals surface area contributed by atoms with Crippen molar-refractivity contribution < 1.29 is 9.59 Å². The summed E-state index contributed by atoms with van der Waals surface area (Å²) in [4.78, 5) is 29.3. The molecule has 1 fully saturated rings. The molecule has 2 aromatic rings. The summed E-state index contributed by atoms with van der Waals surface area (Å²) >= 11 is 0. The summed E-state index contributed by atoms with van der Waals surface area (Å²) in [6.45, 7) is 16.9. The Hall–Kier alpha value is -3.48. The van der Waals surface area contributed by atoms with E-state index >= 15 is 0 Å². The average Bonchev–Trinajstić information content (AvgIpc) is 3.39. The van der Waals surface area contributed by atoms with Crippen LogP contribution in [-0.2, 0) is 9.59 Å². The van der Waals surface area contributed by atoms with Crippen LogP contribution in [0, 0.1) is 12.8 Å². The molecule has 2 amide bonds. The normalized spacial score (nSPS) is 16.6. The highest BCUT2D eigenvalue weighted by molar-refractivity contribution is 6.29. The molecule has 0 aromatic heterocycles. The highest BCUT2D eigenvalue weighted by Crippen LogP contribution is 2.25. The molecular weight excluding hydrogens is 486 g/mol. The molecule has 3 atom stereocenters. The van der Waals surface area contributed by atoms with Gasteiger partial charge in [-0.1, -0.05) is 83.1 Å².